The van der Waals surface area contributed by atoms with Crippen LogP contribution in [0.15, 0.2) is 24.3 Å². The fourth-order valence-corrected chi connectivity index (χ4v) is 4.39. The summed E-state index contributed by atoms with van der Waals surface area (Å²) in [6.45, 7) is 5.52. The molecule has 0 spiro atoms. The van der Waals surface area contributed by atoms with E-state index >= 15 is 0 Å². The van der Waals surface area contributed by atoms with E-state index in [-0.39, 0.29) is 5.91 Å². The van der Waals surface area contributed by atoms with Gasteiger partial charge in [0.15, 0.2) is 0 Å². The molecule has 1 N–H and O–H groups in total. The maximum atomic E-state index is 12.6. The van der Waals surface area contributed by atoms with Gasteiger partial charge < -0.3 is 5.32 Å². The quantitative estimate of drug-likeness (QED) is 0.893. The standard InChI is InChI=1S/C20H30N2O/c1-3-4-12-22-17-9-7-10-18(22)14-16(13-17)21-20(23)19-11-6-5-8-15(19)2/h5-6,8,11,16-18H,3-4,7,9-10,12-14H2,1-2H3,(H,21,23)/t16?,17-,18+. The first-order valence-electron chi connectivity index (χ1n) is 9.31. The Morgan fingerprint density at radius 3 is 2.57 bits per heavy atom. The number of hydrogen-bond acceptors (Lipinski definition) is 2. The number of nitrogens with one attached hydrogen (secondary N) is 1. The van der Waals surface area contributed by atoms with Gasteiger partial charge in [0.1, 0.15) is 0 Å². The largest absolute Gasteiger partial charge is 0.349 e. The van der Waals surface area contributed by atoms with Crippen LogP contribution in [0.25, 0.3) is 0 Å². The zero-order chi connectivity index (χ0) is 16.2. The van der Waals surface area contributed by atoms with Crippen LogP contribution in [0.1, 0.15) is 67.8 Å². The van der Waals surface area contributed by atoms with E-state index in [4.69, 9.17) is 0 Å². The molecule has 1 unspecified atom stereocenters. The summed E-state index contributed by atoms with van der Waals surface area (Å²) in [6, 6.07) is 9.58. The maximum absolute atomic E-state index is 12.6. The Hall–Kier alpha value is -1.35. The zero-order valence-corrected chi connectivity index (χ0v) is 14.6. The van der Waals surface area contributed by atoms with Crippen LogP contribution >= 0.6 is 0 Å². The van der Waals surface area contributed by atoms with Gasteiger partial charge in [-0.25, -0.2) is 0 Å². The van der Waals surface area contributed by atoms with Gasteiger partial charge in [-0.15, -0.1) is 0 Å². The van der Waals surface area contributed by atoms with Crippen molar-refractivity contribution in [2.45, 2.75) is 76.9 Å². The lowest BCUT2D eigenvalue weighted by atomic mass is 9.81. The van der Waals surface area contributed by atoms with E-state index in [2.05, 4.69) is 17.1 Å². The predicted octanol–water partition coefficient (Wildman–Crippen LogP) is 3.91. The van der Waals surface area contributed by atoms with Gasteiger partial charge in [-0.3, -0.25) is 9.69 Å². The van der Waals surface area contributed by atoms with E-state index in [1.165, 1.54) is 38.6 Å². The van der Waals surface area contributed by atoms with E-state index in [1.807, 2.05) is 31.2 Å². The highest BCUT2D eigenvalue weighted by atomic mass is 16.1. The Balaban J connectivity index is 1.63. The number of rotatable bonds is 5. The molecule has 2 aliphatic rings. The molecule has 2 heterocycles. The molecule has 0 aliphatic carbocycles. The molecule has 1 aromatic carbocycles. The van der Waals surface area contributed by atoms with Crippen LogP contribution in [0.5, 0.6) is 0 Å². The lowest BCUT2D eigenvalue weighted by molar-refractivity contribution is 0.0234. The molecule has 1 aromatic rings. The van der Waals surface area contributed by atoms with Crippen molar-refractivity contribution >= 4 is 5.91 Å². The number of piperidine rings is 2. The number of amides is 1. The van der Waals surface area contributed by atoms with Crippen LogP contribution in [-0.4, -0.2) is 35.5 Å². The van der Waals surface area contributed by atoms with Crippen LogP contribution in [0.3, 0.4) is 0 Å². The molecular weight excluding hydrogens is 284 g/mol. The minimum atomic E-state index is 0.105. The molecule has 3 atom stereocenters. The molecule has 126 valence electrons. The van der Waals surface area contributed by atoms with E-state index < -0.39 is 0 Å². The highest BCUT2D eigenvalue weighted by Gasteiger charge is 2.38. The Bertz CT molecular complexity index is 528. The van der Waals surface area contributed by atoms with Gasteiger partial charge >= 0.3 is 0 Å². The molecule has 0 radical (unpaired) electrons. The van der Waals surface area contributed by atoms with Crippen LogP contribution in [0, 0.1) is 6.92 Å². The molecule has 3 rings (SSSR count). The highest BCUT2D eigenvalue weighted by Crippen LogP contribution is 2.34. The number of hydrogen-bond donors (Lipinski definition) is 1. The Morgan fingerprint density at radius 1 is 1.22 bits per heavy atom. The first-order valence-corrected chi connectivity index (χ1v) is 9.31. The lowest BCUT2D eigenvalue weighted by Crippen LogP contribution is -2.57. The van der Waals surface area contributed by atoms with Crippen LogP contribution in [-0.2, 0) is 0 Å². The second-order valence-electron chi connectivity index (χ2n) is 7.29. The predicted molar refractivity (Wildman–Crippen MR) is 94.7 cm³/mol. The monoisotopic (exact) mass is 314 g/mol. The van der Waals surface area contributed by atoms with Crippen molar-refractivity contribution in [2.24, 2.45) is 0 Å². The third-order valence-electron chi connectivity index (χ3n) is 5.62. The summed E-state index contributed by atoms with van der Waals surface area (Å²) in [5, 5.41) is 3.32. The van der Waals surface area contributed by atoms with Crippen molar-refractivity contribution in [3.05, 3.63) is 35.4 Å². The van der Waals surface area contributed by atoms with Crippen LogP contribution < -0.4 is 5.32 Å². The lowest BCUT2D eigenvalue weighted by Gasteiger charge is -2.49. The fraction of sp³-hybridized carbons (Fsp3) is 0.650. The Labute approximate surface area is 140 Å². The van der Waals surface area contributed by atoms with Crippen molar-refractivity contribution in [1.29, 1.82) is 0 Å². The maximum Gasteiger partial charge on any atom is 0.251 e. The van der Waals surface area contributed by atoms with Gasteiger partial charge in [-0.2, -0.15) is 0 Å². The van der Waals surface area contributed by atoms with Crippen molar-refractivity contribution < 1.29 is 4.79 Å². The summed E-state index contributed by atoms with van der Waals surface area (Å²) >= 11 is 0. The number of nitrogens with zero attached hydrogens (tertiary/aromatic N) is 1. The Morgan fingerprint density at radius 2 is 1.91 bits per heavy atom. The summed E-state index contributed by atoms with van der Waals surface area (Å²) in [5.74, 6) is 0.105. The molecule has 0 saturated carbocycles. The number of aryl methyl sites for hydroxylation is 1. The minimum absolute atomic E-state index is 0.105. The summed E-state index contributed by atoms with van der Waals surface area (Å²) in [7, 11) is 0. The van der Waals surface area contributed by atoms with Gasteiger partial charge in [0, 0.05) is 23.7 Å². The third kappa shape index (κ3) is 3.77. The zero-order valence-electron chi connectivity index (χ0n) is 14.6. The van der Waals surface area contributed by atoms with Crippen molar-refractivity contribution in [2.75, 3.05) is 6.54 Å². The number of carbonyl (C=O) groups excluding carboxylic acids is 1. The Kier molecular flexibility index (Phi) is 5.37. The molecular formula is C20H30N2O. The number of unbranched alkanes of at least 4 members (excludes halogenated alkanes) is 1. The van der Waals surface area contributed by atoms with Gasteiger partial charge in [0.2, 0.25) is 0 Å². The first-order chi connectivity index (χ1) is 11.2. The highest BCUT2D eigenvalue weighted by molar-refractivity contribution is 5.95. The average Bonchev–Trinajstić information content (AvgIpc) is 2.53. The van der Waals surface area contributed by atoms with E-state index in [1.54, 1.807) is 0 Å². The molecule has 3 heteroatoms. The topological polar surface area (TPSA) is 32.3 Å². The first kappa shape index (κ1) is 16.5. The molecule has 3 nitrogen and oxygen atoms in total. The smallest absolute Gasteiger partial charge is 0.251 e. The van der Waals surface area contributed by atoms with Gasteiger partial charge in [0.25, 0.3) is 5.91 Å². The molecule has 2 fully saturated rings. The van der Waals surface area contributed by atoms with Crippen LogP contribution in [0.2, 0.25) is 0 Å². The SMILES string of the molecule is CCCCN1[C@@H]2CCC[C@H]1CC(NC(=O)c1ccccc1C)C2. The fourth-order valence-electron chi connectivity index (χ4n) is 4.39. The molecule has 2 bridgehead atoms. The van der Waals surface area contributed by atoms with Crippen LogP contribution in [0.4, 0.5) is 0 Å². The normalized spacial score (nSPS) is 27.7. The summed E-state index contributed by atoms with van der Waals surface area (Å²) < 4.78 is 0. The summed E-state index contributed by atoms with van der Waals surface area (Å²) in [5.41, 5.74) is 1.89. The van der Waals surface area contributed by atoms with Gasteiger partial charge in [-0.1, -0.05) is 38.0 Å². The number of carbonyl (C=O) groups is 1. The second-order valence-corrected chi connectivity index (χ2v) is 7.29. The molecule has 1 amide bonds. The molecule has 2 saturated heterocycles. The molecule has 23 heavy (non-hydrogen) atoms. The average molecular weight is 314 g/mol. The van der Waals surface area contributed by atoms with E-state index in [0.717, 1.165) is 24.0 Å². The number of benzene rings is 1. The van der Waals surface area contributed by atoms with Gasteiger partial charge in [-0.05, 0) is 57.2 Å². The van der Waals surface area contributed by atoms with E-state index in [0.29, 0.717) is 18.1 Å². The molecule has 0 aromatic heterocycles. The van der Waals surface area contributed by atoms with E-state index in [9.17, 15) is 4.79 Å². The third-order valence-corrected chi connectivity index (χ3v) is 5.62. The molecule has 2 aliphatic heterocycles. The van der Waals surface area contributed by atoms with Crippen molar-refractivity contribution in [1.82, 2.24) is 10.2 Å². The minimum Gasteiger partial charge on any atom is -0.349 e. The summed E-state index contributed by atoms with van der Waals surface area (Å²) in [6.07, 6.45) is 8.77. The summed E-state index contributed by atoms with van der Waals surface area (Å²) in [4.78, 5) is 15.3. The number of fused-ring (bicyclic) bond motifs is 2. The van der Waals surface area contributed by atoms with Gasteiger partial charge in [0.05, 0.1) is 0 Å². The second kappa shape index (κ2) is 7.48. The van der Waals surface area contributed by atoms with Crippen molar-refractivity contribution in [3.63, 3.8) is 0 Å². The van der Waals surface area contributed by atoms with Crippen molar-refractivity contribution in [3.8, 4) is 0 Å².